The van der Waals surface area contributed by atoms with Gasteiger partial charge < -0.3 is 9.45 Å². The summed E-state index contributed by atoms with van der Waals surface area (Å²) in [6.07, 6.45) is 6.49. The van der Waals surface area contributed by atoms with E-state index in [1.807, 2.05) is 6.07 Å². The summed E-state index contributed by atoms with van der Waals surface area (Å²) in [7, 11) is 0. The lowest BCUT2D eigenvalue weighted by Crippen LogP contribution is -2.48. The molecule has 0 radical (unpaired) electrons. The number of piperidine rings is 2. The monoisotopic (exact) mass is 341 g/mol. The van der Waals surface area contributed by atoms with Gasteiger partial charge in [-0.25, -0.2) is 4.98 Å². The molecule has 1 aromatic heterocycles. The third-order valence-corrected chi connectivity index (χ3v) is 6.60. The maximum atomic E-state index is 12.6. The van der Waals surface area contributed by atoms with Gasteiger partial charge in [0.2, 0.25) is 0 Å². The summed E-state index contributed by atoms with van der Waals surface area (Å²) in [5.74, 6) is 0.876. The first kappa shape index (κ1) is 16.5. The molecule has 2 fully saturated rings. The Labute approximate surface area is 141 Å². The topological polar surface area (TPSA) is 42.4 Å². The molecule has 1 atom stereocenters. The zero-order valence-electron chi connectivity index (χ0n) is 13.1. The van der Waals surface area contributed by atoms with Gasteiger partial charge in [-0.1, -0.05) is 18.5 Å². The first-order chi connectivity index (χ1) is 10.6. The molecule has 3 rings (SSSR count). The van der Waals surface area contributed by atoms with Gasteiger partial charge in [0.15, 0.2) is 4.90 Å². The minimum Gasteiger partial charge on any atom is -0.593 e. The van der Waals surface area contributed by atoms with Crippen LogP contribution >= 0.6 is 11.6 Å². The highest BCUT2D eigenvalue weighted by Gasteiger charge is 2.32. The number of hydrogen-bond donors (Lipinski definition) is 0. The van der Waals surface area contributed by atoms with E-state index in [-0.39, 0.29) is 0 Å². The Kier molecular flexibility index (Phi) is 5.63. The number of pyridine rings is 1. The summed E-state index contributed by atoms with van der Waals surface area (Å²) in [6.45, 7) is 6.60. The van der Waals surface area contributed by atoms with Crippen LogP contribution in [0.25, 0.3) is 0 Å². The summed E-state index contributed by atoms with van der Waals surface area (Å²) in [5.41, 5.74) is 0. The van der Waals surface area contributed by atoms with E-state index in [0.717, 1.165) is 36.7 Å². The van der Waals surface area contributed by atoms with Gasteiger partial charge in [0.1, 0.15) is 5.15 Å². The molecule has 3 heterocycles. The molecule has 0 spiro atoms. The van der Waals surface area contributed by atoms with Gasteiger partial charge in [0.05, 0.1) is 17.6 Å². The van der Waals surface area contributed by atoms with E-state index in [9.17, 15) is 4.55 Å². The van der Waals surface area contributed by atoms with Gasteiger partial charge in [-0.05, 0) is 56.8 Å². The third kappa shape index (κ3) is 3.95. The lowest BCUT2D eigenvalue weighted by molar-refractivity contribution is 0.101. The van der Waals surface area contributed by atoms with Crippen LogP contribution in [0.2, 0.25) is 5.15 Å². The van der Waals surface area contributed by atoms with Crippen LogP contribution in [0.5, 0.6) is 0 Å². The van der Waals surface area contributed by atoms with Crippen LogP contribution in [-0.2, 0) is 11.4 Å². The molecule has 2 aliphatic heterocycles. The Morgan fingerprint density at radius 1 is 1.14 bits per heavy atom. The Morgan fingerprint density at radius 3 is 2.41 bits per heavy atom. The van der Waals surface area contributed by atoms with Crippen LogP contribution in [-0.4, -0.2) is 51.0 Å². The molecule has 0 aromatic carbocycles. The SMILES string of the molecule is CC1CCN(C2CCN([S@+]([O-])c3ccc(Cl)nc3)CC2)CC1. The van der Waals surface area contributed by atoms with E-state index in [1.54, 1.807) is 12.3 Å². The van der Waals surface area contributed by atoms with E-state index in [2.05, 4.69) is 21.1 Å². The number of nitrogens with zero attached hydrogens (tertiary/aromatic N) is 3. The van der Waals surface area contributed by atoms with Crippen molar-refractivity contribution in [3.8, 4) is 0 Å². The van der Waals surface area contributed by atoms with Crippen LogP contribution in [0.3, 0.4) is 0 Å². The highest BCUT2D eigenvalue weighted by atomic mass is 35.5. The van der Waals surface area contributed by atoms with E-state index >= 15 is 0 Å². The van der Waals surface area contributed by atoms with Gasteiger partial charge in [-0.3, -0.25) is 0 Å². The van der Waals surface area contributed by atoms with Crippen molar-refractivity contribution in [2.75, 3.05) is 26.2 Å². The first-order valence-electron chi connectivity index (χ1n) is 8.16. The summed E-state index contributed by atoms with van der Waals surface area (Å²) in [6, 6.07) is 4.18. The molecule has 0 saturated carbocycles. The van der Waals surface area contributed by atoms with Crippen LogP contribution in [0.1, 0.15) is 32.6 Å². The maximum absolute atomic E-state index is 12.6. The van der Waals surface area contributed by atoms with E-state index in [1.165, 1.54) is 25.9 Å². The lowest BCUT2D eigenvalue weighted by atomic mass is 9.95. The zero-order valence-corrected chi connectivity index (χ0v) is 14.7. The summed E-state index contributed by atoms with van der Waals surface area (Å²) in [4.78, 5) is 7.42. The number of aromatic nitrogens is 1. The quantitative estimate of drug-likeness (QED) is 0.626. The Hall–Kier alpha value is -0.330. The van der Waals surface area contributed by atoms with Gasteiger partial charge in [-0.2, -0.15) is 0 Å². The third-order valence-electron chi connectivity index (χ3n) is 4.89. The predicted molar refractivity (Wildman–Crippen MR) is 90.2 cm³/mol. The van der Waals surface area contributed by atoms with Crippen molar-refractivity contribution in [1.82, 2.24) is 14.2 Å². The second-order valence-electron chi connectivity index (χ2n) is 6.44. The average molecular weight is 342 g/mol. The van der Waals surface area contributed by atoms with Crippen molar-refractivity contribution in [2.45, 2.75) is 43.5 Å². The van der Waals surface area contributed by atoms with Crippen LogP contribution in [0, 0.1) is 5.92 Å². The van der Waals surface area contributed by atoms with E-state index in [4.69, 9.17) is 11.6 Å². The number of hydrogen-bond acceptors (Lipinski definition) is 4. The van der Waals surface area contributed by atoms with Crippen molar-refractivity contribution in [1.29, 1.82) is 0 Å². The molecule has 2 saturated heterocycles. The molecule has 2 aliphatic rings. The van der Waals surface area contributed by atoms with Crippen molar-refractivity contribution >= 4 is 23.0 Å². The normalized spacial score (nSPS) is 24.5. The minimum atomic E-state index is -1.11. The molecule has 6 heteroatoms. The summed E-state index contributed by atoms with van der Waals surface area (Å²) in [5, 5.41) is 0.443. The molecule has 0 bridgehead atoms. The van der Waals surface area contributed by atoms with Crippen LogP contribution in [0.15, 0.2) is 23.2 Å². The fraction of sp³-hybridized carbons (Fsp3) is 0.688. The van der Waals surface area contributed by atoms with Crippen molar-refractivity contribution < 1.29 is 4.55 Å². The van der Waals surface area contributed by atoms with Gasteiger partial charge in [0, 0.05) is 19.1 Å². The van der Waals surface area contributed by atoms with E-state index in [0.29, 0.717) is 11.2 Å². The van der Waals surface area contributed by atoms with Crippen molar-refractivity contribution in [2.24, 2.45) is 5.92 Å². The minimum absolute atomic E-state index is 0.443. The molecule has 0 amide bonds. The number of halogens is 1. The lowest BCUT2D eigenvalue weighted by Gasteiger charge is -2.40. The van der Waals surface area contributed by atoms with Crippen LogP contribution < -0.4 is 0 Å². The van der Waals surface area contributed by atoms with Crippen molar-refractivity contribution in [3.63, 3.8) is 0 Å². The molecule has 22 heavy (non-hydrogen) atoms. The predicted octanol–water partition coefficient (Wildman–Crippen LogP) is 2.95. The molecule has 0 N–H and O–H groups in total. The first-order valence-corrected chi connectivity index (χ1v) is 9.64. The Morgan fingerprint density at radius 2 is 1.82 bits per heavy atom. The Bertz CT molecular complexity index is 471. The second kappa shape index (κ2) is 7.49. The highest BCUT2D eigenvalue weighted by Crippen LogP contribution is 2.26. The van der Waals surface area contributed by atoms with Gasteiger partial charge >= 0.3 is 0 Å². The van der Waals surface area contributed by atoms with Crippen LogP contribution in [0.4, 0.5) is 0 Å². The maximum Gasteiger partial charge on any atom is 0.192 e. The summed E-state index contributed by atoms with van der Waals surface area (Å²) < 4.78 is 14.6. The number of rotatable bonds is 3. The molecule has 0 unspecified atom stereocenters. The smallest absolute Gasteiger partial charge is 0.192 e. The second-order valence-corrected chi connectivity index (χ2v) is 8.32. The molecule has 4 nitrogen and oxygen atoms in total. The average Bonchev–Trinajstić information content (AvgIpc) is 2.56. The summed E-state index contributed by atoms with van der Waals surface area (Å²) >= 11 is 4.68. The molecular formula is C16H24ClN3OS. The molecule has 0 aliphatic carbocycles. The van der Waals surface area contributed by atoms with E-state index < -0.39 is 11.4 Å². The fourth-order valence-corrected chi connectivity index (χ4v) is 4.66. The Balaban J connectivity index is 1.52. The largest absolute Gasteiger partial charge is 0.593 e. The van der Waals surface area contributed by atoms with Gasteiger partial charge in [-0.15, -0.1) is 4.31 Å². The standard InChI is InChI=1S/C16H24ClN3OS/c1-13-4-8-19(9-5-13)14-6-10-20(11-7-14)22(21)15-2-3-16(17)18-12-15/h2-3,12-14H,4-11H2,1H3/t22-/m1/s1. The highest BCUT2D eigenvalue weighted by molar-refractivity contribution is 7.89. The molecular weight excluding hydrogens is 318 g/mol. The zero-order chi connectivity index (χ0) is 15.5. The fourth-order valence-electron chi connectivity index (χ4n) is 3.38. The molecule has 1 aromatic rings. The molecule has 122 valence electrons. The van der Waals surface area contributed by atoms with Gasteiger partial charge in [0.25, 0.3) is 0 Å². The van der Waals surface area contributed by atoms with Crippen molar-refractivity contribution in [3.05, 3.63) is 23.5 Å². The number of likely N-dealkylation sites (tertiary alicyclic amines) is 1.